The maximum Gasteiger partial charge on any atom is 0.522 e. The quantitative estimate of drug-likeness (QED) is 0.665. The molecule has 0 aliphatic carbocycles. The molecule has 0 saturated heterocycles. The lowest BCUT2D eigenvalue weighted by Crippen LogP contribution is -2.12. The zero-order valence-electron chi connectivity index (χ0n) is 12.1. The second-order valence-electron chi connectivity index (χ2n) is 4.95. The van der Waals surface area contributed by atoms with Crippen molar-refractivity contribution in [3.05, 3.63) is 48.0 Å². The van der Waals surface area contributed by atoms with Crippen molar-refractivity contribution >= 4 is 5.65 Å². The normalized spacial score (nSPS) is 12.7. The van der Waals surface area contributed by atoms with Crippen molar-refractivity contribution in [2.24, 2.45) is 0 Å². The Bertz CT molecular complexity index is 885. The SMILES string of the molecule is FC(F)(F)OCc1ccc(-c2cn3c(C(F)(F)F)nnc3cn2)cc1. The van der Waals surface area contributed by atoms with E-state index in [1.54, 1.807) is 0 Å². The Morgan fingerprint density at radius 3 is 2.24 bits per heavy atom. The fourth-order valence-electron chi connectivity index (χ4n) is 2.08. The van der Waals surface area contributed by atoms with Crippen LogP contribution in [0.4, 0.5) is 26.3 Å². The topological polar surface area (TPSA) is 52.3 Å². The summed E-state index contributed by atoms with van der Waals surface area (Å²) in [5, 5.41) is 6.48. The Morgan fingerprint density at radius 1 is 0.960 bits per heavy atom. The Morgan fingerprint density at radius 2 is 1.64 bits per heavy atom. The fourth-order valence-corrected chi connectivity index (χ4v) is 2.08. The van der Waals surface area contributed by atoms with Crippen molar-refractivity contribution in [1.29, 1.82) is 0 Å². The third-order valence-electron chi connectivity index (χ3n) is 3.20. The molecule has 3 aromatic rings. The van der Waals surface area contributed by atoms with Crippen molar-refractivity contribution in [2.75, 3.05) is 0 Å². The number of rotatable bonds is 3. The summed E-state index contributed by atoms with van der Waals surface area (Å²) in [5.74, 6) is -1.19. The van der Waals surface area contributed by atoms with E-state index in [-0.39, 0.29) is 16.9 Å². The number of nitrogens with zero attached hydrogens (tertiary/aromatic N) is 4. The molecule has 0 amide bonds. The zero-order valence-corrected chi connectivity index (χ0v) is 12.1. The molecule has 2 heterocycles. The number of halogens is 6. The average Bonchev–Trinajstić information content (AvgIpc) is 2.96. The first-order valence-electron chi connectivity index (χ1n) is 6.71. The smallest absolute Gasteiger partial charge is 0.287 e. The minimum absolute atomic E-state index is 0.0775. The Hall–Kier alpha value is -2.69. The summed E-state index contributed by atoms with van der Waals surface area (Å²) in [7, 11) is 0. The van der Waals surface area contributed by atoms with Crippen LogP contribution in [0.3, 0.4) is 0 Å². The second-order valence-corrected chi connectivity index (χ2v) is 4.95. The van der Waals surface area contributed by atoms with Crippen molar-refractivity contribution in [1.82, 2.24) is 19.6 Å². The minimum atomic E-state index is -4.74. The lowest BCUT2D eigenvalue weighted by Gasteiger charge is -2.08. The predicted octanol–water partition coefficient (Wildman–Crippen LogP) is 3.85. The first-order valence-corrected chi connectivity index (χ1v) is 6.71. The van der Waals surface area contributed by atoms with Gasteiger partial charge in [-0.1, -0.05) is 24.3 Å². The van der Waals surface area contributed by atoms with Gasteiger partial charge in [-0.05, 0) is 5.56 Å². The molecule has 0 bridgehead atoms. The van der Waals surface area contributed by atoms with Gasteiger partial charge in [0.05, 0.1) is 18.5 Å². The van der Waals surface area contributed by atoms with Gasteiger partial charge in [0.15, 0.2) is 5.65 Å². The van der Waals surface area contributed by atoms with Crippen molar-refractivity contribution < 1.29 is 31.1 Å². The maximum absolute atomic E-state index is 12.9. The largest absolute Gasteiger partial charge is 0.522 e. The molecule has 1 aromatic carbocycles. The van der Waals surface area contributed by atoms with Crippen LogP contribution >= 0.6 is 0 Å². The van der Waals surface area contributed by atoms with Crippen molar-refractivity contribution in [3.63, 3.8) is 0 Å². The number of hydrogen-bond acceptors (Lipinski definition) is 4. The lowest BCUT2D eigenvalue weighted by atomic mass is 10.1. The summed E-state index contributed by atoms with van der Waals surface area (Å²) in [6, 6.07) is 5.59. The molecule has 0 aliphatic heterocycles. The first-order chi connectivity index (χ1) is 11.6. The van der Waals surface area contributed by atoms with Gasteiger partial charge in [-0.3, -0.25) is 14.1 Å². The van der Waals surface area contributed by atoms with Crippen LogP contribution in [0.5, 0.6) is 0 Å². The molecule has 25 heavy (non-hydrogen) atoms. The minimum Gasteiger partial charge on any atom is -0.287 e. The molecule has 0 N–H and O–H groups in total. The molecule has 0 fully saturated rings. The number of ether oxygens (including phenoxy) is 1. The highest BCUT2D eigenvalue weighted by molar-refractivity contribution is 5.60. The van der Waals surface area contributed by atoms with Crippen LogP contribution in [0.2, 0.25) is 0 Å². The third kappa shape index (κ3) is 3.87. The summed E-state index contributed by atoms with van der Waals surface area (Å²) < 4.78 is 79.1. The molecule has 0 radical (unpaired) electrons. The molecular formula is C14H8F6N4O. The van der Waals surface area contributed by atoms with E-state index in [0.29, 0.717) is 5.56 Å². The molecule has 2 aromatic heterocycles. The summed E-state index contributed by atoms with van der Waals surface area (Å²) in [6.07, 6.45) is -7.19. The molecule has 0 aliphatic rings. The second kappa shape index (κ2) is 5.99. The van der Waals surface area contributed by atoms with Gasteiger partial charge >= 0.3 is 12.5 Å². The highest BCUT2D eigenvalue weighted by Crippen LogP contribution is 2.29. The number of fused-ring (bicyclic) bond motifs is 1. The number of alkyl halides is 6. The van der Waals surface area contributed by atoms with Gasteiger partial charge in [0.25, 0.3) is 0 Å². The Labute approximate surface area is 135 Å². The highest BCUT2D eigenvalue weighted by Gasteiger charge is 2.37. The summed E-state index contributed by atoms with van der Waals surface area (Å²) in [4.78, 5) is 3.99. The molecule has 0 saturated carbocycles. The van der Waals surface area contributed by atoms with E-state index in [9.17, 15) is 26.3 Å². The van der Waals surface area contributed by atoms with Gasteiger partial charge in [-0.15, -0.1) is 23.4 Å². The molecule has 11 heteroatoms. The molecule has 0 spiro atoms. The average molecular weight is 362 g/mol. The summed E-state index contributed by atoms with van der Waals surface area (Å²) in [6.45, 7) is -0.667. The standard InChI is InChI=1S/C14H8F6N4O/c15-13(16,17)12-23-22-11-5-21-10(6-24(11)12)9-3-1-8(2-4-9)7-25-14(18,19)20/h1-6H,7H2. The van der Waals surface area contributed by atoms with Gasteiger partial charge in [0, 0.05) is 11.8 Å². The van der Waals surface area contributed by atoms with E-state index in [4.69, 9.17) is 0 Å². The van der Waals surface area contributed by atoms with Gasteiger partial charge < -0.3 is 0 Å². The number of benzene rings is 1. The van der Waals surface area contributed by atoms with E-state index < -0.39 is 25.0 Å². The summed E-state index contributed by atoms with van der Waals surface area (Å²) in [5.41, 5.74) is 0.772. The Balaban J connectivity index is 1.89. The fraction of sp³-hybridized carbons (Fsp3) is 0.214. The third-order valence-corrected chi connectivity index (χ3v) is 3.20. The van der Waals surface area contributed by atoms with Crippen molar-refractivity contribution in [2.45, 2.75) is 19.1 Å². The van der Waals surface area contributed by atoms with Gasteiger partial charge in [0.1, 0.15) is 0 Å². The van der Waals surface area contributed by atoms with Crippen LogP contribution in [0.25, 0.3) is 16.9 Å². The number of aromatic nitrogens is 4. The van der Waals surface area contributed by atoms with Gasteiger partial charge in [-0.25, -0.2) is 0 Å². The molecular weight excluding hydrogens is 354 g/mol. The van der Waals surface area contributed by atoms with E-state index in [0.717, 1.165) is 16.8 Å². The number of hydrogen-bond donors (Lipinski definition) is 0. The lowest BCUT2D eigenvalue weighted by molar-refractivity contribution is -0.330. The van der Waals surface area contributed by atoms with Gasteiger partial charge in [-0.2, -0.15) is 13.2 Å². The van der Waals surface area contributed by atoms with Crippen LogP contribution in [-0.2, 0) is 17.5 Å². The maximum atomic E-state index is 12.9. The van der Waals surface area contributed by atoms with E-state index in [1.165, 1.54) is 24.3 Å². The van der Waals surface area contributed by atoms with Crippen LogP contribution in [0.1, 0.15) is 11.4 Å². The zero-order chi connectivity index (χ0) is 18.2. The molecule has 0 atom stereocenters. The predicted molar refractivity (Wildman–Crippen MR) is 72.1 cm³/mol. The molecule has 132 valence electrons. The first kappa shape index (κ1) is 17.1. The van der Waals surface area contributed by atoms with Crippen LogP contribution in [0, 0.1) is 0 Å². The van der Waals surface area contributed by atoms with Gasteiger partial charge in [0.2, 0.25) is 5.82 Å². The van der Waals surface area contributed by atoms with Crippen LogP contribution in [0.15, 0.2) is 36.7 Å². The monoisotopic (exact) mass is 362 g/mol. The van der Waals surface area contributed by atoms with E-state index >= 15 is 0 Å². The van der Waals surface area contributed by atoms with E-state index in [2.05, 4.69) is 19.9 Å². The highest BCUT2D eigenvalue weighted by atomic mass is 19.4. The summed E-state index contributed by atoms with van der Waals surface area (Å²) >= 11 is 0. The molecule has 0 unspecified atom stereocenters. The van der Waals surface area contributed by atoms with Crippen LogP contribution < -0.4 is 0 Å². The Kier molecular flexibility index (Phi) is 4.11. The van der Waals surface area contributed by atoms with Crippen LogP contribution in [-0.4, -0.2) is 25.9 Å². The van der Waals surface area contributed by atoms with Crippen molar-refractivity contribution in [3.8, 4) is 11.3 Å². The molecule has 3 rings (SSSR count). The van der Waals surface area contributed by atoms with E-state index in [1.807, 2.05) is 0 Å². The molecule has 5 nitrogen and oxygen atoms in total.